The standard InChI is InChI=1S/C18H18F2N2O/c1-11(16-8-3-13(10-21)9-17(16)20)22-12(2)18(23)14-4-6-15(19)7-5-14/h3-9,11-12,18,22-23H,1-2H3. The van der Waals surface area contributed by atoms with Gasteiger partial charge in [-0.15, -0.1) is 0 Å². The minimum Gasteiger partial charge on any atom is -0.387 e. The lowest BCUT2D eigenvalue weighted by atomic mass is 10.0. The molecule has 0 aliphatic heterocycles. The van der Waals surface area contributed by atoms with E-state index in [0.717, 1.165) is 0 Å². The maximum atomic E-state index is 14.0. The van der Waals surface area contributed by atoms with Crippen molar-refractivity contribution < 1.29 is 13.9 Å². The Kier molecular flexibility index (Phi) is 5.43. The number of aliphatic hydroxyl groups excluding tert-OH is 1. The summed E-state index contributed by atoms with van der Waals surface area (Å²) in [5.74, 6) is -0.831. The third kappa shape index (κ3) is 4.13. The molecule has 0 amide bonds. The van der Waals surface area contributed by atoms with E-state index in [2.05, 4.69) is 5.32 Å². The summed E-state index contributed by atoms with van der Waals surface area (Å²) in [7, 11) is 0. The van der Waals surface area contributed by atoms with Crippen LogP contribution in [0.2, 0.25) is 0 Å². The number of rotatable bonds is 5. The van der Waals surface area contributed by atoms with Crippen LogP contribution in [0.15, 0.2) is 42.5 Å². The first-order chi connectivity index (χ1) is 10.9. The maximum absolute atomic E-state index is 14.0. The van der Waals surface area contributed by atoms with Crippen LogP contribution in [-0.2, 0) is 0 Å². The van der Waals surface area contributed by atoms with E-state index in [4.69, 9.17) is 5.26 Å². The van der Waals surface area contributed by atoms with Crippen LogP contribution in [0.4, 0.5) is 8.78 Å². The van der Waals surface area contributed by atoms with Crippen LogP contribution in [0.5, 0.6) is 0 Å². The Morgan fingerprint density at radius 3 is 2.30 bits per heavy atom. The van der Waals surface area contributed by atoms with Crippen molar-refractivity contribution in [1.82, 2.24) is 5.32 Å². The quantitative estimate of drug-likeness (QED) is 0.886. The second kappa shape index (κ2) is 7.32. The molecule has 3 unspecified atom stereocenters. The summed E-state index contributed by atoms with van der Waals surface area (Å²) < 4.78 is 26.9. The topological polar surface area (TPSA) is 56.0 Å². The number of halogens is 2. The van der Waals surface area contributed by atoms with Crippen molar-refractivity contribution in [2.75, 3.05) is 0 Å². The summed E-state index contributed by atoms with van der Waals surface area (Å²) in [6, 6.07) is 11.1. The Hall–Kier alpha value is -2.29. The van der Waals surface area contributed by atoms with Crippen molar-refractivity contribution in [1.29, 1.82) is 5.26 Å². The van der Waals surface area contributed by atoms with Gasteiger partial charge < -0.3 is 10.4 Å². The lowest BCUT2D eigenvalue weighted by Gasteiger charge is -2.25. The lowest BCUT2D eigenvalue weighted by Crippen LogP contribution is -2.34. The minimum absolute atomic E-state index is 0.262. The number of nitriles is 1. The Bertz CT molecular complexity index is 710. The van der Waals surface area contributed by atoms with Gasteiger partial charge in [0.25, 0.3) is 0 Å². The molecule has 3 atom stereocenters. The van der Waals surface area contributed by atoms with Crippen molar-refractivity contribution in [2.24, 2.45) is 0 Å². The predicted octanol–water partition coefficient (Wildman–Crippen LogP) is 3.61. The molecule has 3 nitrogen and oxygen atoms in total. The molecule has 5 heteroatoms. The summed E-state index contributed by atoms with van der Waals surface area (Å²) in [6.07, 6.45) is -0.848. The fraction of sp³-hybridized carbons (Fsp3) is 0.278. The molecule has 120 valence electrons. The van der Waals surface area contributed by atoms with E-state index in [1.807, 2.05) is 6.07 Å². The Labute approximate surface area is 134 Å². The van der Waals surface area contributed by atoms with Gasteiger partial charge in [0.2, 0.25) is 0 Å². The zero-order valence-corrected chi connectivity index (χ0v) is 12.9. The van der Waals surface area contributed by atoms with Crippen LogP contribution >= 0.6 is 0 Å². The second-order valence-electron chi connectivity index (χ2n) is 5.52. The molecular formula is C18H18F2N2O. The average molecular weight is 316 g/mol. The van der Waals surface area contributed by atoms with E-state index in [-0.39, 0.29) is 23.5 Å². The van der Waals surface area contributed by atoms with E-state index in [9.17, 15) is 13.9 Å². The Morgan fingerprint density at radius 2 is 1.74 bits per heavy atom. The number of hydrogen-bond donors (Lipinski definition) is 2. The van der Waals surface area contributed by atoms with Crippen LogP contribution in [-0.4, -0.2) is 11.1 Å². The first-order valence-corrected chi connectivity index (χ1v) is 7.31. The van der Waals surface area contributed by atoms with Gasteiger partial charge in [-0.05, 0) is 43.7 Å². The smallest absolute Gasteiger partial charge is 0.129 e. The molecule has 2 N–H and O–H groups in total. The largest absolute Gasteiger partial charge is 0.387 e. The van der Waals surface area contributed by atoms with Gasteiger partial charge in [0.15, 0.2) is 0 Å². The number of hydrogen-bond acceptors (Lipinski definition) is 3. The third-order valence-electron chi connectivity index (χ3n) is 3.79. The number of aliphatic hydroxyl groups is 1. The fourth-order valence-electron chi connectivity index (χ4n) is 2.47. The van der Waals surface area contributed by atoms with E-state index >= 15 is 0 Å². The van der Waals surface area contributed by atoms with E-state index in [1.54, 1.807) is 26.0 Å². The highest BCUT2D eigenvalue weighted by Gasteiger charge is 2.20. The highest BCUT2D eigenvalue weighted by Crippen LogP contribution is 2.22. The number of nitrogens with one attached hydrogen (secondary N) is 1. The van der Waals surface area contributed by atoms with Gasteiger partial charge >= 0.3 is 0 Å². The van der Waals surface area contributed by atoms with E-state index in [1.165, 1.54) is 30.3 Å². The zero-order valence-electron chi connectivity index (χ0n) is 12.9. The number of benzene rings is 2. The van der Waals surface area contributed by atoms with Gasteiger partial charge in [0, 0.05) is 17.6 Å². The van der Waals surface area contributed by atoms with Crippen LogP contribution in [0.3, 0.4) is 0 Å². The van der Waals surface area contributed by atoms with Crippen LogP contribution in [0.1, 0.15) is 42.7 Å². The number of nitrogens with zero attached hydrogens (tertiary/aromatic N) is 1. The molecule has 0 fully saturated rings. The molecule has 0 aliphatic carbocycles. The van der Waals surface area contributed by atoms with Crippen LogP contribution in [0.25, 0.3) is 0 Å². The Balaban J connectivity index is 2.08. The summed E-state index contributed by atoms with van der Waals surface area (Å²) in [5, 5.41) is 22.2. The highest BCUT2D eigenvalue weighted by atomic mass is 19.1. The molecule has 0 bridgehead atoms. The molecule has 0 radical (unpaired) electrons. The summed E-state index contributed by atoms with van der Waals surface area (Å²) in [5.41, 5.74) is 1.26. The molecular weight excluding hydrogens is 298 g/mol. The first kappa shape index (κ1) is 17.1. The SMILES string of the molecule is CC(NC(C)C(O)c1ccc(F)cc1)c1ccc(C#N)cc1F. The molecule has 23 heavy (non-hydrogen) atoms. The fourth-order valence-corrected chi connectivity index (χ4v) is 2.47. The van der Waals surface area contributed by atoms with Crippen molar-refractivity contribution >= 4 is 0 Å². The van der Waals surface area contributed by atoms with Crippen molar-refractivity contribution in [3.63, 3.8) is 0 Å². The molecule has 2 rings (SSSR count). The van der Waals surface area contributed by atoms with Crippen molar-refractivity contribution in [2.45, 2.75) is 32.0 Å². The van der Waals surface area contributed by atoms with Gasteiger partial charge in [0.1, 0.15) is 11.6 Å². The van der Waals surface area contributed by atoms with Crippen LogP contribution in [0, 0.1) is 23.0 Å². The van der Waals surface area contributed by atoms with Crippen molar-refractivity contribution in [3.8, 4) is 6.07 Å². The van der Waals surface area contributed by atoms with E-state index in [0.29, 0.717) is 11.1 Å². The highest BCUT2D eigenvalue weighted by molar-refractivity contribution is 5.34. The normalized spacial score (nSPS) is 14.8. The van der Waals surface area contributed by atoms with E-state index < -0.39 is 11.9 Å². The van der Waals surface area contributed by atoms with Gasteiger partial charge in [-0.25, -0.2) is 8.78 Å². The molecule has 0 aromatic heterocycles. The monoisotopic (exact) mass is 316 g/mol. The second-order valence-corrected chi connectivity index (χ2v) is 5.52. The molecule has 0 heterocycles. The van der Waals surface area contributed by atoms with Gasteiger partial charge in [-0.1, -0.05) is 18.2 Å². The molecule has 0 saturated heterocycles. The first-order valence-electron chi connectivity index (χ1n) is 7.31. The third-order valence-corrected chi connectivity index (χ3v) is 3.79. The van der Waals surface area contributed by atoms with Crippen LogP contribution < -0.4 is 5.32 Å². The molecule has 0 spiro atoms. The summed E-state index contributed by atoms with van der Waals surface area (Å²) in [6.45, 7) is 3.55. The maximum Gasteiger partial charge on any atom is 0.129 e. The summed E-state index contributed by atoms with van der Waals surface area (Å²) in [4.78, 5) is 0. The minimum atomic E-state index is -0.848. The zero-order chi connectivity index (χ0) is 17.0. The molecule has 0 saturated carbocycles. The summed E-state index contributed by atoms with van der Waals surface area (Å²) >= 11 is 0. The van der Waals surface area contributed by atoms with Gasteiger partial charge in [-0.3, -0.25) is 0 Å². The lowest BCUT2D eigenvalue weighted by molar-refractivity contribution is 0.130. The molecule has 2 aromatic rings. The van der Waals surface area contributed by atoms with Gasteiger partial charge in [0.05, 0.1) is 17.7 Å². The average Bonchev–Trinajstić information content (AvgIpc) is 2.54. The predicted molar refractivity (Wildman–Crippen MR) is 83.5 cm³/mol. The Morgan fingerprint density at radius 1 is 1.09 bits per heavy atom. The molecule has 0 aliphatic rings. The molecule has 2 aromatic carbocycles. The van der Waals surface area contributed by atoms with Crippen molar-refractivity contribution in [3.05, 3.63) is 70.8 Å². The van der Waals surface area contributed by atoms with Gasteiger partial charge in [-0.2, -0.15) is 5.26 Å².